The van der Waals surface area contributed by atoms with E-state index in [0.29, 0.717) is 24.1 Å². The van der Waals surface area contributed by atoms with Gasteiger partial charge < -0.3 is 10.0 Å². The molecule has 1 aromatic heterocycles. The maximum Gasteiger partial charge on any atom is 0.338 e. The van der Waals surface area contributed by atoms with Crippen molar-refractivity contribution in [2.45, 2.75) is 26.3 Å². The van der Waals surface area contributed by atoms with Crippen LogP contribution in [0.5, 0.6) is 0 Å². The van der Waals surface area contributed by atoms with Crippen LogP contribution in [0.25, 0.3) is 0 Å². The van der Waals surface area contributed by atoms with Crippen molar-refractivity contribution in [1.82, 2.24) is 9.80 Å². The highest BCUT2D eigenvalue weighted by Crippen LogP contribution is 2.23. The fraction of sp³-hybridized carbons (Fsp3) is 0.571. The van der Waals surface area contributed by atoms with E-state index >= 15 is 0 Å². The topological polar surface area (TPSA) is 72.9 Å². The van der Waals surface area contributed by atoms with E-state index in [1.165, 1.54) is 17.4 Å². The highest BCUT2D eigenvalue weighted by molar-refractivity contribution is 7.14. The summed E-state index contributed by atoms with van der Waals surface area (Å²) in [5.41, 5.74) is 0.145. The van der Waals surface area contributed by atoms with Crippen LogP contribution in [-0.4, -0.2) is 59.1 Å². The first-order chi connectivity index (χ1) is 10.0. The Bertz CT molecular complexity index is 509. The van der Waals surface area contributed by atoms with Gasteiger partial charge in [-0.05, 0) is 24.8 Å². The highest BCUT2D eigenvalue weighted by atomic mass is 32.1. The molecule has 1 aliphatic heterocycles. The molecule has 1 aromatic rings. The van der Waals surface area contributed by atoms with E-state index in [0.717, 1.165) is 19.5 Å². The van der Waals surface area contributed by atoms with E-state index in [4.69, 9.17) is 5.11 Å². The summed E-state index contributed by atoms with van der Waals surface area (Å²) in [6.07, 6.45) is 1.10. The predicted octanol–water partition coefficient (Wildman–Crippen LogP) is 2.39. The van der Waals surface area contributed by atoms with Crippen molar-refractivity contribution in [3.05, 3.63) is 17.0 Å². The smallest absolute Gasteiger partial charge is 0.338 e. The van der Waals surface area contributed by atoms with Gasteiger partial charge in [-0.1, -0.05) is 6.92 Å². The zero-order valence-electron chi connectivity index (χ0n) is 12.3. The number of hydrogen-bond acceptors (Lipinski definition) is 4. The summed E-state index contributed by atoms with van der Waals surface area (Å²) in [4.78, 5) is 27.3. The number of nitrogens with one attached hydrogen (secondary N) is 1. The van der Waals surface area contributed by atoms with Crippen LogP contribution in [0.4, 0.5) is 9.80 Å². The van der Waals surface area contributed by atoms with E-state index in [1.807, 2.05) is 0 Å². The van der Waals surface area contributed by atoms with Crippen LogP contribution in [0.15, 0.2) is 11.4 Å². The van der Waals surface area contributed by atoms with Gasteiger partial charge in [0.15, 0.2) is 0 Å². The second-order valence-electron chi connectivity index (χ2n) is 5.18. The van der Waals surface area contributed by atoms with Gasteiger partial charge in [0.2, 0.25) is 0 Å². The fourth-order valence-electron chi connectivity index (χ4n) is 2.37. The maximum absolute atomic E-state index is 12.2. The van der Waals surface area contributed by atoms with Gasteiger partial charge in [-0.25, -0.2) is 9.59 Å². The molecule has 0 aromatic carbocycles. The molecular formula is C14H21N3O3S. The molecule has 1 unspecified atom stereocenters. The van der Waals surface area contributed by atoms with E-state index in [1.54, 1.807) is 10.3 Å². The number of hydrogen-bond donors (Lipinski definition) is 2. The van der Waals surface area contributed by atoms with Crippen molar-refractivity contribution in [3.8, 4) is 0 Å². The molecule has 2 heterocycles. The number of piperazine rings is 1. The second kappa shape index (κ2) is 6.91. The number of rotatable bonds is 4. The standard InChI is InChI=1S/C14H21N3O3S/c1-3-10(2)16-5-7-17(8-6-16)14(20)15-12-11(13(18)19)4-9-21-12/h4,9-10H,3,5-8H2,1-2H3,(H,15,20)(H,18,19). The lowest BCUT2D eigenvalue weighted by Crippen LogP contribution is -2.52. The first-order valence-electron chi connectivity index (χ1n) is 7.13. The molecule has 0 bridgehead atoms. The Kier molecular flexibility index (Phi) is 5.19. The van der Waals surface area contributed by atoms with Crippen molar-refractivity contribution in [2.24, 2.45) is 0 Å². The number of amides is 2. The van der Waals surface area contributed by atoms with Crippen molar-refractivity contribution < 1.29 is 14.7 Å². The summed E-state index contributed by atoms with van der Waals surface area (Å²) in [7, 11) is 0. The number of thiophene rings is 1. The quantitative estimate of drug-likeness (QED) is 0.895. The first-order valence-corrected chi connectivity index (χ1v) is 8.01. The van der Waals surface area contributed by atoms with Gasteiger partial charge in [-0.15, -0.1) is 11.3 Å². The zero-order chi connectivity index (χ0) is 15.4. The largest absolute Gasteiger partial charge is 0.478 e. The molecule has 0 saturated carbocycles. The summed E-state index contributed by atoms with van der Waals surface area (Å²) in [6.45, 7) is 7.42. The molecule has 2 N–H and O–H groups in total. The monoisotopic (exact) mass is 311 g/mol. The van der Waals surface area contributed by atoms with Crippen molar-refractivity contribution in [3.63, 3.8) is 0 Å². The van der Waals surface area contributed by atoms with E-state index in [-0.39, 0.29) is 11.6 Å². The lowest BCUT2D eigenvalue weighted by atomic mass is 10.2. The van der Waals surface area contributed by atoms with Crippen LogP contribution in [-0.2, 0) is 0 Å². The Morgan fingerprint density at radius 1 is 1.38 bits per heavy atom. The third kappa shape index (κ3) is 3.74. The van der Waals surface area contributed by atoms with Gasteiger partial charge >= 0.3 is 12.0 Å². The Morgan fingerprint density at radius 3 is 2.62 bits per heavy atom. The van der Waals surface area contributed by atoms with Crippen LogP contribution in [0.3, 0.4) is 0 Å². The molecule has 6 nitrogen and oxygen atoms in total. The lowest BCUT2D eigenvalue weighted by Gasteiger charge is -2.37. The molecule has 7 heteroatoms. The first kappa shape index (κ1) is 15.8. The van der Waals surface area contributed by atoms with Crippen LogP contribution in [0.1, 0.15) is 30.6 Å². The third-order valence-corrected chi connectivity index (χ3v) is 4.76. The molecule has 2 rings (SSSR count). The van der Waals surface area contributed by atoms with Gasteiger partial charge in [0, 0.05) is 32.2 Å². The molecule has 1 fully saturated rings. The number of carboxylic acid groups (broad SMARTS) is 1. The molecule has 1 saturated heterocycles. The predicted molar refractivity (Wildman–Crippen MR) is 83.2 cm³/mol. The Balaban J connectivity index is 1.90. The summed E-state index contributed by atoms with van der Waals surface area (Å²) in [6, 6.07) is 1.82. The van der Waals surface area contributed by atoms with Gasteiger partial charge in [0.25, 0.3) is 0 Å². The lowest BCUT2D eigenvalue weighted by molar-refractivity contribution is 0.0698. The summed E-state index contributed by atoms with van der Waals surface area (Å²) >= 11 is 1.23. The van der Waals surface area contributed by atoms with Gasteiger partial charge in [0.05, 0.1) is 5.56 Å². The SMILES string of the molecule is CCC(C)N1CCN(C(=O)Nc2sccc2C(=O)O)CC1. The van der Waals surface area contributed by atoms with Gasteiger partial charge in [-0.3, -0.25) is 10.2 Å². The van der Waals surface area contributed by atoms with Crippen molar-refractivity contribution in [2.75, 3.05) is 31.5 Å². The molecular weight excluding hydrogens is 290 g/mol. The minimum atomic E-state index is -1.02. The average Bonchev–Trinajstić information content (AvgIpc) is 2.95. The third-order valence-electron chi connectivity index (χ3n) is 3.93. The molecule has 116 valence electrons. The molecule has 0 spiro atoms. The number of anilines is 1. The number of carbonyl (C=O) groups is 2. The molecule has 0 aliphatic carbocycles. The molecule has 1 atom stereocenters. The minimum absolute atomic E-state index is 0.145. The Hall–Kier alpha value is -1.60. The summed E-state index contributed by atoms with van der Waals surface area (Å²) < 4.78 is 0. The normalized spacial score (nSPS) is 17.5. The van der Waals surface area contributed by atoms with E-state index in [2.05, 4.69) is 24.1 Å². The van der Waals surface area contributed by atoms with E-state index in [9.17, 15) is 9.59 Å². The van der Waals surface area contributed by atoms with Crippen molar-refractivity contribution >= 4 is 28.3 Å². The fourth-order valence-corrected chi connectivity index (χ4v) is 3.14. The van der Waals surface area contributed by atoms with Crippen LogP contribution >= 0.6 is 11.3 Å². The summed E-state index contributed by atoms with van der Waals surface area (Å²) in [5, 5.41) is 13.8. The van der Waals surface area contributed by atoms with Crippen molar-refractivity contribution in [1.29, 1.82) is 0 Å². The van der Waals surface area contributed by atoms with Crippen LogP contribution in [0, 0.1) is 0 Å². The van der Waals surface area contributed by atoms with E-state index < -0.39 is 5.97 Å². The maximum atomic E-state index is 12.2. The summed E-state index contributed by atoms with van der Waals surface area (Å²) in [5.74, 6) is -1.02. The molecule has 1 aliphatic rings. The number of nitrogens with zero attached hydrogens (tertiary/aromatic N) is 2. The molecule has 0 radical (unpaired) electrons. The van der Waals surface area contributed by atoms with Gasteiger partial charge in [-0.2, -0.15) is 0 Å². The minimum Gasteiger partial charge on any atom is -0.478 e. The highest BCUT2D eigenvalue weighted by Gasteiger charge is 2.24. The number of carbonyl (C=O) groups excluding carboxylic acids is 1. The molecule has 21 heavy (non-hydrogen) atoms. The Morgan fingerprint density at radius 2 is 2.05 bits per heavy atom. The zero-order valence-corrected chi connectivity index (χ0v) is 13.2. The Labute approximate surface area is 128 Å². The second-order valence-corrected chi connectivity index (χ2v) is 6.10. The number of carboxylic acids is 1. The molecule has 2 amide bonds. The number of aromatic carboxylic acids is 1. The van der Waals surface area contributed by atoms with Crippen LogP contribution < -0.4 is 5.32 Å². The van der Waals surface area contributed by atoms with Crippen LogP contribution in [0.2, 0.25) is 0 Å². The number of urea groups is 1. The van der Waals surface area contributed by atoms with Gasteiger partial charge in [0.1, 0.15) is 5.00 Å². The average molecular weight is 311 g/mol.